The highest BCUT2D eigenvalue weighted by molar-refractivity contribution is 6.32. The van der Waals surface area contributed by atoms with Crippen LogP contribution in [0.25, 0.3) is 0 Å². The fraction of sp³-hybridized carbons (Fsp3) is 0.455. The molecule has 14 heavy (non-hydrogen) atoms. The largest absolute Gasteiger partial charge is 0.207 e. The third kappa shape index (κ3) is 3.14. The van der Waals surface area contributed by atoms with Crippen molar-refractivity contribution in [1.29, 1.82) is 0 Å². The van der Waals surface area contributed by atoms with Crippen molar-refractivity contribution in [3.8, 4) is 0 Å². The lowest BCUT2D eigenvalue weighted by Gasteiger charge is -2.13. The zero-order valence-electron chi connectivity index (χ0n) is 8.23. The first-order valence-corrected chi connectivity index (χ1v) is 5.41. The van der Waals surface area contributed by atoms with Crippen LogP contribution in [-0.2, 0) is 0 Å². The van der Waals surface area contributed by atoms with E-state index in [0.717, 1.165) is 6.42 Å². The maximum Gasteiger partial charge on any atom is 0.123 e. The number of halogens is 3. The molecule has 0 aliphatic heterocycles. The molecule has 0 saturated carbocycles. The van der Waals surface area contributed by atoms with Gasteiger partial charge in [0.2, 0.25) is 0 Å². The first-order chi connectivity index (χ1) is 6.50. The normalized spacial score (nSPS) is 13.3. The maximum absolute atomic E-state index is 12.9. The van der Waals surface area contributed by atoms with Crippen molar-refractivity contribution >= 4 is 23.2 Å². The van der Waals surface area contributed by atoms with Gasteiger partial charge < -0.3 is 0 Å². The van der Waals surface area contributed by atoms with E-state index in [1.54, 1.807) is 6.07 Å². The van der Waals surface area contributed by atoms with E-state index < -0.39 is 0 Å². The van der Waals surface area contributed by atoms with Gasteiger partial charge in [0.25, 0.3) is 0 Å². The summed E-state index contributed by atoms with van der Waals surface area (Å²) in [6, 6.07) is 4.29. The highest BCUT2D eigenvalue weighted by Crippen LogP contribution is 2.33. The second-order valence-corrected chi connectivity index (χ2v) is 4.70. The summed E-state index contributed by atoms with van der Waals surface area (Å²) in [4.78, 5) is 0. The summed E-state index contributed by atoms with van der Waals surface area (Å²) < 4.78 is 12.9. The lowest BCUT2D eigenvalue weighted by atomic mass is 10.0. The second kappa shape index (κ2) is 4.99. The highest BCUT2D eigenvalue weighted by atomic mass is 35.5. The van der Waals surface area contributed by atoms with Gasteiger partial charge in [-0.05, 0) is 36.1 Å². The molecule has 0 aliphatic rings. The van der Waals surface area contributed by atoms with Crippen molar-refractivity contribution in [3.63, 3.8) is 0 Å². The Balaban J connectivity index is 2.88. The Bertz CT molecular complexity index is 310. The van der Waals surface area contributed by atoms with Gasteiger partial charge in [-0.15, -0.1) is 11.6 Å². The molecule has 1 rings (SSSR count). The quantitative estimate of drug-likeness (QED) is 0.660. The molecule has 0 N–H and O–H groups in total. The number of hydrogen-bond acceptors (Lipinski definition) is 0. The highest BCUT2D eigenvalue weighted by Gasteiger charge is 2.14. The van der Waals surface area contributed by atoms with E-state index in [9.17, 15) is 4.39 Å². The van der Waals surface area contributed by atoms with E-state index >= 15 is 0 Å². The second-order valence-electron chi connectivity index (χ2n) is 3.76. The van der Waals surface area contributed by atoms with E-state index in [1.807, 2.05) is 0 Å². The van der Waals surface area contributed by atoms with Crippen LogP contribution >= 0.6 is 23.2 Å². The molecule has 0 saturated heterocycles. The average Bonchev–Trinajstić information content (AvgIpc) is 2.08. The van der Waals surface area contributed by atoms with Gasteiger partial charge >= 0.3 is 0 Å². The molecule has 1 atom stereocenters. The Kier molecular flexibility index (Phi) is 4.21. The van der Waals surface area contributed by atoms with E-state index in [1.165, 1.54) is 12.1 Å². The molecule has 78 valence electrons. The van der Waals surface area contributed by atoms with Crippen molar-refractivity contribution in [2.24, 2.45) is 5.92 Å². The molecular formula is C11H13Cl2F. The van der Waals surface area contributed by atoms with Gasteiger partial charge in [-0.2, -0.15) is 0 Å². The summed E-state index contributed by atoms with van der Waals surface area (Å²) in [6.07, 6.45) is 0.796. The Morgan fingerprint density at radius 2 is 2.00 bits per heavy atom. The summed E-state index contributed by atoms with van der Waals surface area (Å²) in [5.41, 5.74) is 0.682. The van der Waals surface area contributed by atoms with Gasteiger partial charge in [0.1, 0.15) is 5.82 Å². The lowest BCUT2D eigenvalue weighted by molar-refractivity contribution is 0.570. The van der Waals surface area contributed by atoms with Crippen LogP contribution in [0.5, 0.6) is 0 Å². The standard InChI is InChI=1S/C11H13Cl2F/c1-7(2)5-11(13)9-6-8(14)3-4-10(9)12/h3-4,6-7,11H,5H2,1-2H3. The molecule has 0 aromatic heterocycles. The van der Waals surface area contributed by atoms with Crippen LogP contribution in [0.1, 0.15) is 31.2 Å². The van der Waals surface area contributed by atoms with Gasteiger partial charge in [0.15, 0.2) is 0 Å². The third-order valence-electron chi connectivity index (χ3n) is 1.97. The number of hydrogen-bond donors (Lipinski definition) is 0. The molecule has 0 heterocycles. The Labute approximate surface area is 94.0 Å². The zero-order valence-corrected chi connectivity index (χ0v) is 9.74. The van der Waals surface area contributed by atoms with Crippen molar-refractivity contribution in [2.75, 3.05) is 0 Å². The summed E-state index contributed by atoms with van der Waals surface area (Å²) in [5, 5.41) is 0.324. The molecule has 1 aromatic rings. The van der Waals surface area contributed by atoms with Crippen molar-refractivity contribution in [2.45, 2.75) is 25.6 Å². The van der Waals surface area contributed by atoms with E-state index in [2.05, 4.69) is 13.8 Å². The molecule has 0 amide bonds. The minimum absolute atomic E-state index is 0.210. The van der Waals surface area contributed by atoms with Crippen LogP contribution in [0.15, 0.2) is 18.2 Å². The SMILES string of the molecule is CC(C)CC(Cl)c1cc(F)ccc1Cl. The van der Waals surface area contributed by atoms with E-state index in [-0.39, 0.29) is 11.2 Å². The summed E-state index contributed by atoms with van der Waals surface area (Å²) in [7, 11) is 0. The first kappa shape index (κ1) is 11.8. The smallest absolute Gasteiger partial charge is 0.123 e. The minimum Gasteiger partial charge on any atom is -0.207 e. The molecular weight excluding hydrogens is 222 g/mol. The molecule has 0 nitrogen and oxygen atoms in total. The predicted octanol–water partition coefficient (Wildman–Crippen LogP) is 4.81. The average molecular weight is 235 g/mol. The molecule has 0 spiro atoms. The van der Waals surface area contributed by atoms with Crippen LogP contribution in [0.2, 0.25) is 5.02 Å². The van der Waals surface area contributed by atoms with E-state index in [0.29, 0.717) is 16.5 Å². The zero-order chi connectivity index (χ0) is 10.7. The lowest BCUT2D eigenvalue weighted by Crippen LogP contribution is -1.97. The van der Waals surface area contributed by atoms with Crippen LogP contribution in [0.3, 0.4) is 0 Å². The predicted molar refractivity (Wildman–Crippen MR) is 59.5 cm³/mol. The van der Waals surface area contributed by atoms with Crippen molar-refractivity contribution < 1.29 is 4.39 Å². The minimum atomic E-state index is -0.293. The number of alkyl halides is 1. The van der Waals surface area contributed by atoms with Crippen LogP contribution in [0, 0.1) is 11.7 Å². The Morgan fingerprint density at radius 3 is 2.57 bits per heavy atom. The first-order valence-electron chi connectivity index (χ1n) is 4.59. The number of rotatable bonds is 3. The molecule has 0 aliphatic carbocycles. The third-order valence-corrected chi connectivity index (χ3v) is 2.73. The van der Waals surface area contributed by atoms with Crippen LogP contribution < -0.4 is 0 Å². The maximum atomic E-state index is 12.9. The monoisotopic (exact) mass is 234 g/mol. The summed E-state index contributed by atoms with van der Waals surface area (Å²) in [5.74, 6) is 0.177. The van der Waals surface area contributed by atoms with Gasteiger partial charge in [0, 0.05) is 5.02 Å². The summed E-state index contributed by atoms with van der Waals surface area (Å²) >= 11 is 12.1. The Morgan fingerprint density at radius 1 is 1.36 bits per heavy atom. The van der Waals surface area contributed by atoms with Gasteiger partial charge in [0.05, 0.1) is 5.38 Å². The van der Waals surface area contributed by atoms with Crippen LogP contribution in [-0.4, -0.2) is 0 Å². The van der Waals surface area contributed by atoms with Gasteiger partial charge in [-0.1, -0.05) is 25.4 Å². The molecule has 0 bridgehead atoms. The van der Waals surface area contributed by atoms with Crippen molar-refractivity contribution in [1.82, 2.24) is 0 Å². The topological polar surface area (TPSA) is 0 Å². The fourth-order valence-corrected chi connectivity index (χ4v) is 2.14. The van der Waals surface area contributed by atoms with Gasteiger partial charge in [-0.25, -0.2) is 4.39 Å². The molecule has 3 heteroatoms. The molecule has 1 aromatic carbocycles. The summed E-state index contributed by atoms with van der Waals surface area (Å²) in [6.45, 7) is 4.14. The van der Waals surface area contributed by atoms with Crippen molar-refractivity contribution in [3.05, 3.63) is 34.6 Å². The molecule has 0 fully saturated rings. The Hall–Kier alpha value is -0.270. The number of benzene rings is 1. The van der Waals surface area contributed by atoms with E-state index in [4.69, 9.17) is 23.2 Å². The fourth-order valence-electron chi connectivity index (χ4n) is 1.30. The molecule has 0 radical (unpaired) electrons. The van der Waals surface area contributed by atoms with Gasteiger partial charge in [-0.3, -0.25) is 0 Å². The molecule has 1 unspecified atom stereocenters. The van der Waals surface area contributed by atoms with Crippen LogP contribution in [0.4, 0.5) is 4.39 Å².